The number of carbonyl (C=O) groups is 1. The Balaban J connectivity index is 3.06. The second-order valence-corrected chi connectivity index (χ2v) is 8.62. The number of benzene rings is 1. The van der Waals surface area contributed by atoms with Gasteiger partial charge in [-0.25, -0.2) is 13.2 Å². The molecule has 0 bridgehead atoms. The molecule has 0 aromatic heterocycles. The number of carbonyl (C=O) groups excluding carboxylic acids is 1. The summed E-state index contributed by atoms with van der Waals surface area (Å²) in [7, 11) is -4.18. The third kappa shape index (κ3) is 6.49. The van der Waals surface area contributed by atoms with Crippen LogP contribution in [-0.2, 0) is 14.8 Å². The SMILES string of the molecule is C#CCN([C@H](CO)CNC(=O)OC(C)(C)C)S(=O)(=O)c1ccc([N+](=O)[O-])cc1. The van der Waals surface area contributed by atoms with Crippen LogP contribution < -0.4 is 5.32 Å². The van der Waals surface area contributed by atoms with Crippen molar-refractivity contribution in [1.82, 2.24) is 9.62 Å². The largest absolute Gasteiger partial charge is 0.444 e. The van der Waals surface area contributed by atoms with Gasteiger partial charge >= 0.3 is 6.09 Å². The molecule has 1 rings (SSSR count). The number of alkyl carbamates (subject to hydrolysis) is 1. The maximum atomic E-state index is 12.9. The lowest BCUT2D eigenvalue weighted by atomic mass is 10.2. The third-order valence-electron chi connectivity index (χ3n) is 3.40. The molecule has 0 radical (unpaired) electrons. The monoisotopic (exact) mass is 413 g/mol. The van der Waals surface area contributed by atoms with E-state index in [1.165, 1.54) is 0 Å². The first-order valence-electron chi connectivity index (χ1n) is 8.20. The van der Waals surface area contributed by atoms with E-state index in [1.54, 1.807) is 20.8 Å². The highest BCUT2D eigenvalue weighted by Gasteiger charge is 2.31. The van der Waals surface area contributed by atoms with Gasteiger partial charge in [0.05, 0.1) is 29.0 Å². The highest BCUT2D eigenvalue weighted by Crippen LogP contribution is 2.21. The molecular weight excluding hydrogens is 390 g/mol. The number of hydrogen-bond donors (Lipinski definition) is 2. The van der Waals surface area contributed by atoms with Crippen LogP contribution in [0.4, 0.5) is 10.5 Å². The number of rotatable bonds is 8. The number of aliphatic hydroxyl groups excluding tert-OH is 1. The normalized spacial score (nSPS) is 12.9. The molecule has 0 spiro atoms. The molecule has 28 heavy (non-hydrogen) atoms. The minimum Gasteiger partial charge on any atom is -0.444 e. The molecule has 0 aliphatic rings. The Hall–Kier alpha value is -2.68. The molecule has 0 saturated heterocycles. The summed E-state index contributed by atoms with van der Waals surface area (Å²) in [5.41, 5.74) is -1.02. The van der Waals surface area contributed by atoms with Gasteiger partial charge < -0.3 is 15.2 Å². The zero-order valence-electron chi connectivity index (χ0n) is 15.8. The minimum absolute atomic E-state index is 0.232. The second kappa shape index (κ2) is 9.50. The number of nitro groups is 1. The van der Waals surface area contributed by atoms with E-state index >= 15 is 0 Å². The lowest BCUT2D eigenvalue weighted by Crippen LogP contribution is -2.49. The predicted molar refractivity (Wildman–Crippen MR) is 101 cm³/mol. The topological polar surface area (TPSA) is 139 Å². The summed E-state index contributed by atoms with van der Waals surface area (Å²) in [6.45, 7) is 3.75. The molecule has 1 amide bonds. The highest BCUT2D eigenvalue weighted by atomic mass is 32.2. The molecule has 154 valence electrons. The third-order valence-corrected chi connectivity index (χ3v) is 5.31. The molecule has 1 aromatic rings. The summed E-state index contributed by atoms with van der Waals surface area (Å²) < 4.78 is 31.7. The molecule has 0 aliphatic carbocycles. The van der Waals surface area contributed by atoms with Crippen LogP contribution in [0, 0.1) is 22.5 Å². The number of nitrogens with one attached hydrogen (secondary N) is 1. The number of amides is 1. The molecule has 0 fully saturated rings. The zero-order chi connectivity index (χ0) is 21.5. The highest BCUT2D eigenvalue weighted by molar-refractivity contribution is 7.89. The number of nitrogens with zero attached hydrogens (tertiary/aromatic N) is 2. The quantitative estimate of drug-likeness (QED) is 0.370. The Bertz CT molecular complexity index is 839. The van der Waals surface area contributed by atoms with Crippen molar-refractivity contribution in [3.63, 3.8) is 0 Å². The first-order chi connectivity index (χ1) is 12.9. The van der Waals surface area contributed by atoms with E-state index in [1.807, 2.05) is 0 Å². The van der Waals surface area contributed by atoms with Crippen molar-refractivity contribution in [1.29, 1.82) is 0 Å². The molecule has 10 nitrogen and oxygen atoms in total. The second-order valence-electron chi connectivity index (χ2n) is 6.72. The lowest BCUT2D eigenvalue weighted by Gasteiger charge is -2.28. The summed E-state index contributed by atoms with van der Waals surface area (Å²) in [6.07, 6.45) is 4.48. The van der Waals surface area contributed by atoms with Gasteiger partial charge in [0, 0.05) is 18.7 Å². The van der Waals surface area contributed by atoms with E-state index in [0.717, 1.165) is 28.6 Å². The van der Waals surface area contributed by atoms with Gasteiger partial charge in [-0.3, -0.25) is 10.1 Å². The number of ether oxygens (including phenoxy) is 1. The molecular formula is C17H23N3O7S. The van der Waals surface area contributed by atoms with Crippen molar-refractivity contribution in [2.24, 2.45) is 0 Å². The summed E-state index contributed by atoms with van der Waals surface area (Å²) in [5.74, 6) is 2.20. The predicted octanol–water partition coefficient (Wildman–Crippen LogP) is 1.10. The number of terminal acetylenes is 1. The number of aliphatic hydroxyl groups is 1. The van der Waals surface area contributed by atoms with Gasteiger partial charge in [0.25, 0.3) is 5.69 Å². The smallest absolute Gasteiger partial charge is 0.407 e. The van der Waals surface area contributed by atoms with Crippen molar-refractivity contribution < 1.29 is 28.0 Å². The van der Waals surface area contributed by atoms with Crippen LogP contribution in [-0.4, -0.2) is 60.2 Å². The molecule has 2 N–H and O–H groups in total. The summed E-state index contributed by atoms with van der Waals surface area (Å²) in [4.78, 5) is 21.6. The van der Waals surface area contributed by atoms with Crippen molar-refractivity contribution in [2.75, 3.05) is 19.7 Å². The van der Waals surface area contributed by atoms with Crippen LogP contribution in [0.5, 0.6) is 0 Å². The molecule has 0 unspecified atom stereocenters. The Morgan fingerprint density at radius 2 is 1.96 bits per heavy atom. The summed E-state index contributed by atoms with van der Waals surface area (Å²) >= 11 is 0. The van der Waals surface area contributed by atoms with E-state index in [9.17, 15) is 28.4 Å². The average molecular weight is 413 g/mol. The Morgan fingerprint density at radius 1 is 1.39 bits per heavy atom. The Kier molecular flexibility index (Phi) is 7.92. The fraction of sp³-hybridized carbons (Fsp3) is 0.471. The van der Waals surface area contributed by atoms with Gasteiger partial charge in [-0.1, -0.05) is 5.92 Å². The summed E-state index contributed by atoms with van der Waals surface area (Å²) in [6, 6.07) is 3.19. The standard InChI is InChI=1S/C17H23N3O7S/c1-5-10-19(14(12-21)11-18-16(22)27-17(2,3)4)28(25,26)15-8-6-13(7-9-15)20(23)24/h1,6-9,14,21H,10-12H2,2-4H3,(H,18,22)/t14-/m0/s1. The number of non-ortho nitro benzene ring substituents is 1. The number of hydrogen-bond acceptors (Lipinski definition) is 7. The van der Waals surface area contributed by atoms with Crippen molar-refractivity contribution >= 4 is 21.8 Å². The fourth-order valence-corrected chi connectivity index (χ4v) is 3.68. The van der Waals surface area contributed by atoms with Crippen LogP contribution in [0.25, 0.3) is 0 Å². The van der Waals surface area contributed by atoms with Crippen LogP contribution in [0.1, 0.15) is 20.8 Å². The van der Waals surface area contributed by atoms with Gasteiger partial charge in [-0.05, 0) is 32.9 Å². The summed E-state index contributed by atoms with van der Waals surface area (Å²) in [5, 5.41) is 22.8. The molecule has 1 aromatic carbocycles. The fourth-order valence-electron chi connectivity index (χ4n) is 2.15. The van der Waals surface area contributed by atoms with Crippen molar-refractivity contribution in [2.45, 2.75) is 37.3 Å². The Morgan fingerprint density at radius 3 is 2.39 bits per heavy atom. The van der Waals surface area contributed by atoms with Gasteiger partial charge in [0.2, 0.25) is 10.0 Å². The van der Waals surface area contributed by atoms with Gasteiger partial charge in [-0.2, -0.15) is 4.31 Å². The first kappa shape index (κ1) is 23.4. The number of sulfonamides is 1. The molecule has 11 heteroatoms. The van der Waals surface area contributed by atoms with Crippen LogP contribution in [0.15, 0.2) is 29.2 Å². The van der Waals surface area contributed by atoms with E-state index in [2.05, 4.69) is 11.2 Å². The maximum absolute atomic E-state index is 12.9. The van der Waals surface area contributed by atoms with Gasteiger partial charge in [0.1, 0.15) is 5.60 Å². The molecule has 1 atom stereocenters. The average Bonchev–Trinajstić information content (AvgIpc) is 2.59. The molecule has 0 saturated carbocycles. The van der Waals surface area contributed by atoms with E-state index in [4.69, 9.17) is 11.2 Å². The Labute approximate surface area is 163 Å². The van der Waals surface area contributed by atoms with E-state index < -0.39 is 39.3 Å². The van der Waals surface area contributed by atoms with Gasteiger partial charge in [0.15, 0.2) is 0 Å². The molecule has 0 aliphatic heterocycles. The lowest BCUT2D eigenvalue weighted by molar-refractivity contribution is -0.384. The van der Waals surface area contributed by atoms with Crippen molar-refractivity contribution in [3.8, 4) is 12.3 Å². The van der Waals surface area contributed by atoms with Crippen LogP contribution in [0.2, 0.25) is 0 Å². The van der Waals surface area contributed by atoms with Crippen molar-refractivity contribution in [3.05, 3.63) is 34.4 Å². The minimum atomic E-state index is -4.18. The zero-order valence-corrected chi connectivity index (χ0v) is 16.6. The maximum Gasteiger partial charge on any atom is 0.407 e. The first-order valence-corrected chi connectivity index (χ1v) is 9.64. The van der Waals surface area contributed by atoms with Crippen LogP contribution >= 0.6 is 0 Å². The van der Waals surface area contributed by atoms with E-state index in [0.29, 0.717) is 0 Å². The van der Waals surface area contributed by atoms with Gasteiger partial charge in [-0.15, -0.1) is 6.42 Å². The number of nitro benzene ring substituents is 1. The van der Waals surface area contributed by atoms with Crippen LogP contribution in [0.3, 0.4) is 0 Å². The van der Waals surface area contributed by atoms with E-state index in [-0.39, 0.29) is 23.7 Å². The molecule has 0 heterocycles.